The lowest BCUT2D eigenvalue weighted by Gasteiger charge is -2.28. The minimum atomic E-state index is -0.444. The molecule has 0 amide bonds. The van der Waals surface area contributed by atoms with Gasteiger partial charge in [-0.15, -0.1) is 0 Å². The Hall–Kier alpha value is -6.39. The average Bonchev–Trinajstić information content (AvgIpc) is 3.76. The average molecular weight is 622 g/mol. The lowest BCUT2D eigenvalue weighted by atomic mass is 9.95. The molecular formula is C44H30N4. The zero-order valence-corrected chi connectivity index (χ0v) is 25.5. The topological polar surface area (TPSA) is 34.2 Å². The SMILES string of the molecule is [2H]c1c([2H])c([2H])c2c(c1[2H])c1c([2H])c(-c3ccc4c(c3)c3ccccc3n4-c3ccccc3)c([2H])c([2H])c1n2C1=NC2C=CC=CC2=C(c2ccccc2)N1. The normalized spacial score (nSPS) is 17.8. The number of aromatic nitrogens is 2. The predicted molar refractivity (Wildman–Crippen MR) is 201 cm³/mol. The van der Waals surface area contributed by atoms with Crippen molar-refractivity contribution in [3.8, 4) is 16.8 Å². The molecule has 1 atom stereocenters. The molecule has 48 heavy (non-hydrogen) atoms. The number of nitrogens with one attached hydrogen (secondary N) is 1. The first-order valence-corrected chi connectivity index (χ1v) is 15.9. The largest absolute Gasteiger partial charge is 0.325 e. The van der Waals surface area contributed by atoms with Crippen molar-refractivity contribution in [2.45, 2.75) is 6.04 Å². The van der Waals surface area contributed by atoms with Gasteiger partial charge in [0.1, 0.15) is 0 Å². The van der Waals surface area contributed by atoms with Gasteiger partial charge in [0.2, 0.25) is 5.96 Å². The summed E-state index contributed by atoms with van der Waals surface area (Å²) < 4.78 is 68.2. The van der Waals surface area contributed by atoms with Crippen LogP contribution in [0, 0.1) is 0 Å². The Morgan fingerprint density at radius 1 is 0.583 bits per heavy atom. The van der Waals surface area contributed by atoms with Crippen molar-refractivity contribution >= 4 is 55.3 Å². The molecule has 8 aromatic rings. The molecule has 1 N–H and O–H groups in total. The maximum atomic E-state index is 9.78. The van der Waals surface area contributed by atoms with Crippen molar-refractivity contribution in [3.05, 3.63) is 181 Å². The minimum Gasteiger partial charge on any atom is -0.325 e. The number of aliphatic imine (C=N–C) groups is 1. The predicted octanol–water partition coefficient (Wildman–Crippen LogP) is 10.3. The van der Waals surface area contributed by atoms with Crippen molar-refractivity contribution < 1.29 is 9.60 Å². The van der Waals surface area contributed by atoms with Crippen molar-refractivity contribution in [1.82, 2.24) is 14.5 Å². The number of allylic oxidation sites excluding steroid dienone is 2. The number of fused-ring (bicyclic) bond motifs is 7. The highest BCUT2D eigenvalue weighted by molar-refractivity contribution is 6.16. The van der Waals surface area contributed by atoms with Gasteiger partial charge in [-0.25, -0.2) is 4.99 Å². The number of para-hydroxylation sites is 3. The van der Waals surface area contributed by atoms with E-state index < -0.39 is 18.1 Å². The summed E-state index contributed by atoms with van der Waals surface area (Å²) in [5.74, 6) is 0.229. The number of benzene rings is 6. The Kier molecular flexibility index (Phi) is 4.56. The van der Waals surface area contributed by atoms with Gasteiger partial charge in [-0.3, -0.25) is 4.57 Å². The van der Waals surface area contributed by atoms with Crippen LogP contribution in [0.25, 0.3) is 66.1 Å². The fraction of sp³-hybridized carbons (Fsp3) is 0.0227. The quantitative estimate of drug-likeness (QED) is 0.209. The van der Waals surface area contributed by atoms with E-state index in [9.17, 15) is 4.11 Å². The first-order valence-electron chi connectivity index (χ1n) is 19.4. The number of nitrogens with zero attached hydrogens (tertiary/aromatic N) is 3. The summed E-state index contributed by atoms with van der Waals surface area (Å²) in [5, 5.41) is 5.61. The molecule has 0 bridgehead atoms. The van der Waals surface area contributed by atoms with E-state index in [1.165, 1.54) is 4.57 Å². The molecule has 2 aromatic heterocycles. The molecule has 6 aromatic carbocycles. The van der Waals surface area contributed by atoms with Gasteiger partial charge in [-0.2, -0.15) is 0 Å². The Bertz CT molecular complexity index is 3080. The molecule has 10 rings (SSSR count). The number of rotatable bonds is 3. The Morgan fingerprint density at radius 2 is 1.35 bits per heavy atom. The summed E-state index contributed by atoms with van der Waals surface area (Å²) >= 11 is 0. The zero-order valence-electron chi connectivity index (χ0n) is 32.5. The van der Waals surface area contributed by atoms with Crippen LogP contribution < -0.4 is 5.32 Å². The monoisotopic (exact) mass is 621 g/mol. The van der Waals surface area contributed by atoms with Crippen LogP contribution in [0.15, 0.2) is 180 Å². The van der Waals surface area contributed by atoms with Crippen LogP contribution >= 0.6 is 0 Å². The van der Waals surface area contributed by atoms with Crippen molar-refractivity contribution in [3.63, 3.8) is 0 Å². The van der Waals surface area contributed by atoms with E-state index >= 15 is 0 Å². The van der Waals surface area contributed by atoms with Crippen LogP contribution in [0.1, 0.15) is 15.2 Å². The van der Waals surface area contributed by atoms with Gasteiger partial charge in [0.05, 0.1) is 43.4 Å². The lowest BCUT2D eigenvalue weighted by molar-refractivity contribution is 0.898. The second-order valence-corrected chi connectivity index (χ2v) is 11.9. The maximum Gasteiger partial charge on any atom is 0.208 e. The molecule has 0 spiro atoms. The van der Waals surface area contributed by atoms with Gasteiger partial charge in [-0.1, -0.05) is 121 Å². The van der Waals surface area contributed by atoms with Gasteiger partial charge < -0.3 is 9.88 Å². The van der Waals surface area contributed by atoms with E-state index in [0.717, 1.165) is 44.3 Å². The third-order valence-corrected chi connectivity index (χ3v) is 9.19. The standard InChI is InChI=1S/C44H30N4/c1-3-13-29(14-4-1)43-35-19-7-10-20-38(35)45-44(46-43)48-40-22-12-9-18-34(40)37-28-31(24-26-42(37)48)30-23-25-41-36(27-30)33-17-8-11-21-39(33)47(41)32-15-5-2-6-16-32/h1-28,38H,(H,45,46)/i9D,12D,18D,22D,24D,26D,28D. The molecule has 3 heterocycles. The summed E-state index contributed by atoms with van der Waals surface area (Å²) in [7, 11) is 0. The summed E-state index contributed by atoms with van der Waals surface area (Å²) in [6.45, 7) is 0. The van der Waals surface area contributed by atoms with Gasteiger partial charge in [0, 0.05) is 32.8 Å². The van der Waals surface area contributed by atoms with E-state index in [1.807, 2.05) is 121 Å². The van der Waals surface area contributed by atoms with E-state index in [4.69, 9.17) is 10.5 Å². The molecular weight excluding hydrogens is 585 g/mol. The summed E-state index contributed by atoms with van der Waals surface area (Å²) in [6.07, 6.45) is 7.77. The molecule has 1 aliphatic heterocycles. The molecule has 4 heteroatoms. The Morgan fingerprint density at radius 3 is 2.25 bits per heavy atom. The van der Waals surface area contributed by atoms with Gasteiger partial charge in [0.15, 0.2) is 0 Å². The summed E-state index contributed by atoms with van der Waals surface area (Å²) in [6, 6.07) is 31.2. The van der Waals surface area contributed by atoms with Crippen LogP contribution in [0.3, 0.4) is 0 Å². The molecule has 0 fully saturated rings. The first kappa shape index (κ1) is 20.7. The van der Waals surface area contributed by atoms with Crippen molar-refractivity contribution in [1.29, 1.82) is 0 Å². The van der Waals surface area contributed by atoms with E-state index in [0.29, 0.717) is 5.56 Å². The van der Waals surface area contributed by atoms with E-state index in [1.54, 1.807) is 0 Å². The Labute approximate surface area is 287 Å². The van der Waals surface area contributed by atoms with Crippen LogP contribution in [0.2, 0.25) is 0 Å². The van der Waals surface area contributed by atoms with Crippen LogP contribution in [-0.4, -0.2) is 21.1 Å². The van der Waals surface area contributed by atoms with Crippen LogP contribution in [0.5, 0.6) is 0 Å². The molecule has 1 aliphatic carbocycles. The van der Waals surface area contributed by atoms with Gasteiger partial charge in [0.25, 0.3) is 0 Å². The third-order valence-electron chi connectivity index (χ3n) is 9.19. The Balaban J connectivity index is 1.27. The fourth-order valence-electron chi connectivity index (χ4n) is 7.03. The number of hydrogen-bond donors (Lipinski definition) is 1. The van der Waals surface area contributed by atoms with Crippen molar-refractivity contribution in [2.75, 3.05) is 0 Å². The van der Waals surface area contributed by atoms with E-state index in [-0.39, 0.29) is 63.5 Å². The highest BCUT2D eigenvalue weighted by Crippen LogP contribution is 2.38. The second kappa shape index (κ2) is 10.6. The molecule has 0 saturated carbocycles. The van der Waals surface area contributed by atoms with Gasteiger partial charge >= 0.3 is 0 Å². The first-order chi connectivity index (χ1) is 26.7. The molecule has 0 radical (unpaired) electrons. The lowest BCUT2D eigenvalue weighted by Crippen LogP contribution is -2.36. The smallest absolute Gasteiger partial charge is 0.208 e. The third kappa shape index (κ3) is 4.06. The highest BCUT2D eigenvalue weighted by atomic mass is 15.2. The molecule has 0 saturated heterocycles. The van der Waals surface area contributed by atoms with Gasteiger partial charge in [-0.05, 0) is 65.1 Å². The van der Waals surface area contributed by atoms with Crippen LogP contribution in [0.4, 0.5) is 0 Å². The molecule has 2 aliphatic rings. The van der Waals surface area contributed by atoms with E-state index in [2.05, 4.69) is 16.0 Å². The fourth-order valence-corrected chi connectivity index (χ4v) is 7.03. The molecule has 226 valence electrons. The van der Waals surface area contributed by atoms with Crippen LogP contribution in [-0.2, 0) is 0 Å². The minimum absolute atomic E-state index is 0.0818. The second-order valence-electron chi connectivity index (χ2n) is 11.9. The van der Waals surface area contributed by atoms with Crippen molar-refractivity contribution in [2.24, 2.45) is 4.99 Å². The molecule has 1 unspecified atom stereocenters. The molecule has 4 nitrogen and oxygen atoms in total. The summed E-state index contributed by atoms with van der Waals surface area (Å²) in [5.41, 5.74) is 6.46. The maximum absolute atomic E-state index is 9.78. The number of hydrogen-bond acceptors (Lipinski definition) is 2. The zero-order chi connectivity index (χ0) is 37.7. The highest BCUT2D eigenvalue weighted by Gasteiger charge is 2.26. The summed E-state index contributed by atoms with van der Waals surface area (Å²) in [4.78, 5) is 5.03.